The number of allylic oxidation sites excluding steroid dienone is 1. The van der Waals surface area contributed by atoms with Gasteiger partial charge in [-0.2, -0.15) is 4.98 Å². The summed E-state index contributed by atoms with van der Waals surface area (Å²) < 4.78 is 5.19. The van der Waals surface area contributed by atoms with Gasteiger partial charge in [-0.05, 0) is 47.3 Å². The van der Waals surface area contributed by atoms with Gasteiger partial charge in [-0.3, -0.25) is 4.79 Å². The van der Waals surface area contributed by atoms with Gasteiger partial charge < -0.3 is 19.9 Å². The van der Waals surface area contributed by atoms with Crippen molar-refractivity contribution in [3.05, 3.63) is 34.8 Å². The Morgan fingerprint density at radius 2 is 1.90 bits per heavy atom. The molecule has 1 amide bonds. The lowest BCUT2D eigenvalue weighted by atomic mass is 10.0. The minimum Gasteiger partial charge on any atom is -0.481 e. The molecule has 8 heteroatoms. The lowest BCUT2D eigenvalue weighted by molar-refractivity contribution is -0.127. The maximum Gasteiger partial charge on any atom is 0.254 e. The molecule has 0 aromatic carbocycles. The van der Waals surface area contributed by atoms with Gasteiger partial charge in [0.25, 0.3) is 5.91 Å². The monoisotopic (exact) mass is 412 g/mol. The second kappa shape index (κ2) is 8.85. The molecule has 1 aliphatic carbocycles. The minimum absolute atomic E-state index is 0.0302. The van der Waals surface area contributed by atoms with Crippen LogP contribution in [-0.2, 0) is 4.79 Å². The van der Waals surface area contributed by atoms with Crippen LogP contribution in [0.2, 0.25) is 0 Å². The third kappa shape index (κ3) is 4.80. The average Bonchev–Trinajstić information content (AvgIpc) is 3.48. The molecule has 3 rings (SSSR count). The number of methoxy groups -OCH3 is 1. The normalized spacial score (nSPS) is 18.3. The predicted octanol–water partition coefficient (Wildman–Crippen LogP) is 2.54. The maximum absolute atomic E-state index is 13.4. The van der Waals surface area contributed by atoms with E-state index in [1.807, 2.05) is 25.7 Å². The Labute approximate surface area is 178 Å². The van der Waals surface area contributed by atoms with E-state index >= 15 is 0 Å². The number of carbonyl (C=O) groups is 1. The van der Waals surface area contributed by atoms with Gasteiger partial charge >= 0.3 is 0 Å². The number of rotatable bonds is 7. The summed E-state index contributed by atoms with van der Waals surface area (Å²) in [5.74, 6) is 1.89. The molecule has 1 aromatic heterocycles. The van der Waals surface area contributed by atoms with Gasteiger partial charge in [0.1, 0.15) is 5.82 Å². The topological polar surface area (TPSA) is 83.0 Å². The summed E-state index contributed by atoms with van der Waals surface area (Å²) in [4.78, 5) is 30.3. The number of nitrogens with one attached hydrogen (secondary N) is 1. The molecule has 1 N–H and O–H groups in total. The number of piperazine rings is 1. The lowest BCUT2D eigenvalue weighted by Crippen LogP contribution is -2.50. The molecule has 1 saturated carbocycles. The molecule has 2 heterocycles. The Morgan fingerprint density at radius 1 is 1.23 bits per heavy atom. The van der Waals surface area contributed by atoms with Crippen LogP contribution in [0.25, 0.3) is 0 Å². The second-order valence-corrected chi connectivity index (χ2v) is 8.37. The molecular formula is C22H32N6O2. The van der Waals surface area contributed by atoms with Crippen molar-refractivity contribution in [1.29, 1.82) is 0 Å². The molecule has 2 fully saturated rings. The summed E-state index contributed by atoms with van der Waals surface area (Å²) in [5, 5.41) is 3.46. The molecule has 0 unspecified atom stereocenters. The zero-order valence-electron chi connectivity index (χ0n) is 18.7. The first-order valence-electron chi connectivity index (χ1n) is 10.3. The quantitative estimate of drug-likeness (QED) is 0.421. The predicted molar refractivity (Wildman–Crippen MR) is 119 cm³/mol. The third-order valence-electron chi connectivity index (χ3n) is 5.70. The highest BCUT2D eigenvalue weighted by atomic mass is 16.5. The van der Waals surface area contributed by atoms with Crippen molar-refractivity contribution >= 4 is 18.6 Å². The van der Waals surface area contributed by atoms with E-state index in [1.54, 1.807) is 19.4 Å². The number of aliphatic imine (C=N–C) groups is 1. The van der Waals surface area contributed by atoms with Gasteiger partial charge in [-0.25, -0.2) is 9.98 Å². The molecular weight excluding hydrogens is 380 g/mol. The van der Waals surface area contributed by atoms with Crippen LogP contribution in [0.4, 0.5) is 5.95 Å². The van der Waals surface area contributed by atoms with E-state index in [1.165, 1.54) is 0 Å². The standard InChI is InChI=1S/C22H32N6O2/c1-15(2)18(16(3)19(23-5)26-22(4)8-9-22)20(29)27-11-13-28(14-12-27)21-24-10-7-17(25-21)30-6/h7,10,26H,5,8-9,11-14H2,1-4,6H3/b19-16-. The molecule has 1 saturated heterocycles. The fourth-order valence-electron chi connectivity index (χ4n) is 3.58. The van der Waals surface area contributed by atoms with E-state index in [0.29, 0.717) is 49.4 Å². The largest absolute Gasteiger partial charge is 0.481 e. The van der Waals surface area contributed by atoms with E-state index in [2.05, 4.69) is 38.8 Å². The van der Waals surface area contributed by atoms with E-state index in [-0.39, 0.29) is 11.4 Å². The Kier molecular flexibility index (Phi) is 6.43. The Morgan fingerprint density at radius 3 is 2.43 bits per heavy atom. The van der Waals surface area contributed by atoms with Gasteiger partial charge in [0, 0.05) is 55.1 Å². The van der Waals surface area contributed by atoms with Gasteiger partial charge in [0.15, 0.2) is 0 Å². The average molecular weight is 413 g/mol. The summed E-state index contributed by atoms with van der Waals surface area (Å²) >= 11 is 0. The Hall–Kier alpha value is -2.90. The molecule has 30 heavy (non-hydrogen) atoms. The summed E-state index contributed by atoms with van der Waals surface area (Å²) in [7, 11) is 1.59. The zero-order chi connectivity index (χ0) is 21.9. The maximum atomic E-state index is 13.4. The van der Waals surface area contributed by atoms with Crippen LogP contribution in [0, 0.1) is 0 Å². The molecule has 0 atom stereocenters. The molecule has 0 radical (unpaired) electrons. The number of ether oxygens (including phenoxy) is 1. The van der Waals surface area contributed by atoms with Gasteiger partial charge in [-0.1, -0.05) is 5.57 Å². The van der Waals surface area contributed by atoms with Crippen LogP contribution in [0.5, 0.6) is 5.88 Å². The van der Waals surface area contributed by atoms with Crippen molar-refractivity contribution in [3.63, 3.8) is 0 Å². The van der Waals surface area contributed by atoms with Crippen LogP contribution in [0.15, 0.2) is 39.8 Å². The van der Waals surface area contributed by atoms with Crippen molar-refractivity contribution in [1.82, 2.24) is 20.2 Å². The SMILES string of the molecule is C=N/C(NC1(C)CC1)=C(\C)C(C(=O)N1CCN(c2nccc(OC)n2)CC1)=C(C)C. The molecule has 2 aliphatic rings. The number of hydrogen-bond donors (Lipinski definition) is 1. The molecule has 0 spiro atoms. The van der Waals surface area contributed by atoms with Crippen LogP contribution >= 0.6 is 0 Å². The Balaban J connectivity index is 1.73. The fraction of sp³-hybridized carbons (Fsp3) is 0.545. The summed E-state index contributed by atoms with van der Waals surface area (Å²) in [6, 6.07) is 1.72. The highest BCUT2D eigenvalue weighted by Gasteiger charge is 2.38. The summed E-state index contributed by atoms with van der Waals surface area (Å²) in [5.41, 5.74) is 2.59. The number of hydrogen-bond acceptors (Lipinski definition) is 7. The van der Waals surface area contributed by atoms with Crippen molar-refractivity contribution < 1.29 is 9.53 Å². The number of anilines is 1. The number of amides is 1. The zero-order valence-corrected chi connectivity index (χ0v) is 18.7. The summed E-state index contributed by atoms with van der Waals surface area (Å²) in [6.45, 7) is 14.3. The molecule has 0 bridgehead atoms. The van der Waals surface area contributed by atoms with Gasteiger partial charge in [0.2, 0.25) is 11.8 Å². The first-order chi connectivity index (χ1) is 14.3. The first-order valence-corrected chi connectivity index (χ1v) is 10.3. The van der Waals surface area contributed by atoms with Crippen LogP contribution in [-0.4, -0.2) is 66.3 Å². The molecule has 162 valence electrons. The van der Waals surface area contributed by atoms with Crippen LogP contribution < -0.4 is 15.0 Å². The van der Waals surface area contributed by atoms with E-state index in [4.69, 9.17) is 4.74 Å². The minimum atomic E-state index is 0.0302. The second-order valence-electron chi connectivity index (χ2n) is 8.37. The van der Waals surface area contributed by atoms with E-state index in [9.17, 15) is 4.79 Å². The van der Waals surface area contributed by atoms with Crippen molar-refractivity contribution in [2.24, 2.45) is 4.99 Å². The van der Waals surface area contributed by atoms with Crippen molar-refractivity contribution in [2.45, 2.75) is 46.1 Å². The molecule has 1 aliphatic heterocycles. The van der Waals surface area contributed by atoms with Crippen LogP contribution in [0.1, 0.15) is 40.5 Å². The number of aromatic nitrogens is 2. The highest BCUT2D eigenvalue weighted by Crippen LogP contribution is 2.36. The number of carbonyl (C=O) groups excluding carboxylic acids is 1. The first kappa shape index (κ1) is 21.8. The van der Waals surface area contributed by atoms with Crippen molar-refractivity contribution in [2.75, 3.05) is 38.2 Å². The third-order valence-corrected chi connectivity index (χ3v) is 5.70. The van der Waals surface area contributed by atoms with Crippen LogP contribution in [0.3, 0.4) is 0 Å². The van der Waals surface area contributed by atoms with Gasteiger partial charge in [-0.15, -0.1) is 0 Å². The molecule has 8 nitrogen and oxygen atoms in total. The van der Waals surface area contributed by atoms with E-state index < -0.39 is 0 Å². The highest BCUT2D eigenvalue weighted by molar-refractivity contribution is 5.98. The Bertz CT molecular complexity index is 875. The smallest absolute Gasteiger partial charge is 0.254 e. The van der Waals surface area contributed by atoms with Crippen molar-refractivity contribution in [3.8, 4) is 5.88 Å². The molecule has 1 aromatic rings. The lowest BCUT2D eigenvalue weighted by Gasteiger charge is -2.35. The number of nitrogens with zero attached hydrogens (tertiary/aromatic N) is 5. The summed E-state index contributed by atoms with van der Waals surface area (Å²) in [6.07, 6.45) is 3.89. The van der Waals surface area contributed by atoms with E-state index in [0.717, 1.165) is 24.0 Å². The van der Waals surface area contributed by atoms with Gasteiger partial charge in [0.05, 0.1) is 7.11 Å². The fourth-order valence-corrected chi connectivity index (χ4v) is 3.58.